The number of nitrogens with zero attached hydrogens (tertiary/aromatic N) is 3. The van der Waals surface area contributed by atoms with Crippen molar-refractivity contribution in [3.63, 3.8) is 0 Å². The Balaban J connectivity index is 1.53. The van der Waals surface area contributed by atoms with Gasteiger partial charge in [0.25, 0.3) is 5.91 Å². The van der Waals surface area contributed by atoms with Crippen LogP contribution in [0.2, 0.25) is 0 Å². The summed E-state index contributed by atoms with van der Waals surface area (Å²) in [4.78, 5) is 24.0. The number of carbonyl (C=O) groups is 2. The van der Waals surface area contributed by atoms with Gasteiger partial charge >= 0.3 is 0 Å². The summed E-state index contributed by atoms with van der Waals surface area (Å²) in [6, 6.07) is 8.06. The van der Waals surface area contributed by atoms with Gasteiger partial charge in [-0.1, -0.05) is 23.5 Å². The second-order valence-corrected chi connectivity index (χ2v) is 10.3. The summed E-state index contributed by atoms with van der Waals surface area (Å²) in [5.41, 5.74) is 0.461. The van der Waals surface area contributed by atoms with Crippen molar-refractivity contribution in [3.05, 3.63) is 69.7 Å². The number of rotatable bonds is 6. The fraction of sp³-hybridized carbons (Fsp3) is 0.238. The molecule has 1 amide bonds. The fourth-order valence-corrected chi connectivity index (χ4v) is 6.10. The Morgan fingerprint density at radius 2 is 1.82 bits per heavy atom. The van der Waals surface area contributed by atoms with Crippen LogP contribution in [0.15, 0.2) is 47.4 Å². The first-order chi connectivity index (χ1) is 15.7. The molecule has 2 aromatic carbocycles. The van der Waals surface area contributed by atoms with Gasteiger partial charge in [-0.3, -0.25) is 9.59 Å². The van der Waals surface area contributed by atoms with E-state index in [0.29, 0.717) is 23.4 Å². The molecule has 3 aromatic rings. The SMILES string of the molecule is CC(=O)c1ccc(S(=O)(=O)N2CCCC2c2nnc(C(=O)Nc3ccc(F)c(F)c3)s2)cc1. The molecule has 0 spiro atoms. The molecule has 33 heavy (non-hydrogen) atoms. The standard InChI is InChI=1S/C21H18F2N4O4S2/c1-12(28)13-4-7-15(8-5-13)33(30,31)27-10-2-3-18(27)20-25-26-21(32-20)19(29)24-14-6-9-16(22)17(23)11-14/h4-9,11,18H,2-3,10H2,1H3,(H,24,29). The van der Waals surface area contributed by atoms with Gasteiger partial charge in [0.15, 0.2) is 17.4 Å². The maximum Gasteiger partial charge on any atom is 0.286 e. The maximum absolute atomic E-state index is 13.4. The number of sulfonamides is 1. The lowest BCUT2D eigenvalue weighted by Crippen LogP contribution is -2.30. The monoisotopic (exact) mass is 492 g/mol. The molecule has 1 aromatic heterocycles. The molecule has 1 saturated heterocycles. The highest BCUT2D eigenvalue weighted by molar-refractivity contribution is 7.89. The largest absolute Gasteiger partial charge is 0.320 e. The van der Waals surface area contributed by atoms with E-state index in [0.717, 1.165) is 23.5 Å². The zero-order valence-electron chi connectivity index (χ0n) is 17.3. The molecule has 1 N–H and O–H groups in total. The molecule has 0 aliphatic carbocycles. The Labute approximate surface area is 192 Å². The van der Waals surface area contributed by atoms with Crippen molar-refractivity contribution in [2.75, 3.05) is 11.9 Å². The average Bonchev–Trinajstić information content (AvgIpc) is 3.46. The number of carbonyl (C=O) groups excluding carboxylic acids is 2. The molecule has 1 aliphatic rings. The van der Waals surface area contributed by atoms with Crippen LogP contribution in [-0.4, -0.2) is 41.2 Å². The molecule has 1 atom stereocenters. The summed E-state index contributed by atoms with van der Waals surface area (Å²) >= 11 is 0.933. The highest BCUT2D eigenvalue weighted by atomic mass is 32.2. The second-order valence-electron chi connectivity index (χ2n) is 7.38. The average molecular weight is 493 g/mol. The first-order valence-electron chi connectivity index (χ1n) is 9.89. The first-order valence-corrected chi connectivity index (χ1v) is 12.1. The van der Waals surface area contributed by atoms with Crippen LogP contribution in [0.1, 0.15) is 51.0 Å². The Bertz CT molecular complexity index is 1330. The molecule has 8 nitrogen and oxygen atoms in total. The third-order valence-electron chi connectivity index (χ3n) is 5.17. The maximum atomic E-state index is 13.4. The fourth-order valence-electron chi connectivity index (χ4n) is 3.49. The van der Waals surface area contributed by atoms with Crippen LogP contribution < -0.4 is 5.32 Å². The van der Waals surface area contributed by atoms with Gasteiger partial charge in [0.2, 0.25) is 15.0 Å². The molecule has 172 valence electrons. The number of Topliss-reactive ketones (excluding diaryl/α,β-unsaturated/α-hetero) is 1. The Morgan fingerprint density at radius 1 is 1.09 bits per heavy atom. The van der Waals surface area contributed by atoms with Crippen LogP contribution in [-0.2, 0) is 10.0 Å². The molecule has 0 bridgehead atoms. The smallest absolute Gasteiger partial charge is 0.286 e. The Kier molecular flexibility index (Phi) is 6.32. The predicted molar refractivity (Wildman–Crippen MR) is 117 cm³/mol. The lowest BCUT2D eigenvalue weighted by Gasteiger charge is -2.22. The molecule has 12 heteroatoms. The van der Waals surface area contributed by atoms with E-state index >= 15 is 0 Å². The number of anilines is 1. The summed E-state index contributed by atoms with van der Waals surface area (Å²) in [7, 11) is -3.86. The third-order valence-corrected chi connectivity index (χ3v) is 8.11. The molecular weight excluding hydrogens is 474 g/mol. The van der Waals surface area contributed by atoms with Crippen LogP contribution >= 0.6 is 11.3 Å². The van der Waals surface area contributed by atoms with E-state index in [9.17, 15) is 26.8 Å². The number of nitrogens with one attached hydrogen (secondary N) is 1. The van der Waals surface area contributed by atoms with E-state index in [1.165, 1.54) is 41.6 Å². The van der Waals surface area contributed by atoms with Gasteiger partial charge < -0.3 is 5.32 Å². The molecule has 4 rings (SSSR count). The quantitative estimate of drug-likeness (QED) is 0.525. The number of halogens is 2. The highest BCUT2D eigenvalue weighted by Crippen LogP contribution is 2.37. The summed E-state index contributed by atoms with van der Waals surface area (Å²) in [5.74, 6) is -2.98. The van der Waals surface area contributed by atoms with E-state index in [2.05, 4.69) is 15.5 Å². The minimum absolute atomic E-state index is 0.0372. The highest BCUT2D eigenvalue weighted by Gasteiger charge is 2.38. The van der Waals surface area contributed by atoms with Crippen molar-refractivity contribution in [2.45, 2.75) is 30.7 Å². The Hall–Kier alpha value is -3.09. The number of amides is 1. The number of aromatic nitrogens is 2. The molecule has 0 radical (unpaired) electrons. The van der Waals surface area contributed by atoms with Gasteiger partial charge in [-0.2, -0.15) is 4.31 Å². The summed E-state index contributed by atoms with van der Waals surface area (Å²) in [5, 5.41) is 10.6. The van der Waals surface area contributed by atoms with Crippen LogP contribution in [0.25, 0.3) is 0 Å². The lowest BCUT2D eigenvalue weighted by atomic mass is 10.2. The molecule has 2 heterocycles. The molecule has 0 saturated carbocycles. The van der Waals surface area contributed by atoms with E-state index < -0.39 is 33.6 Å². The van der Waals surface area contributed by atoms with Crippen LogP contribution in [0.5, 0.6) is 0 Å². The van der Waals surface area contributed by atoms with Crippen molar-refractivity contribution >= 4 is 38.7 Å². The summed E-state index contributed by atoms with van der Waals surface area (Å²) in [6.07, 6.45) is 1.11. The minimum Gasteiger partial charge on any atom is -0.320 e. The van der Waals surface area contributed by atoms with Crippen molar-refractivity contribution in [2.24, 2.45) is 0 Å². The minimum atomic E-state index is -3.86. The third kappa shape index (κ3) is 4.68. The number of hydrogen-bond donors (Lipinski definition) is 1. The van der Waals surface area contributed by atoms with E-state index in [-0.39, 0.29) is 27.9 Å². The zero-order valence-corrected chi connectivity index (χ0v) is 18.9. The Morgan fingerprint density at radius 3 is 2.48 bits per heavy atom. The number of ketones is 1. The molecule has 1 fully saturated rings. The van der Waals surface area contributed by atoms with Gasteiger partial charge in [-0.05, 0) is 44.0 Å². The zero-order chi connectivity index (χ0) is 23.8. The number of hydrogen-bond acceptors (Lipinski definition) is 7. The summed E-state index contributed by atoms with van der Waals surface area (Å²) < 4.78 is 54.1. The second kappa shape index (κ2) is 9.04. The predicted octanol–water partition coefficient (Wildman–Crippen LogP) is 3.80. The van der Waals surface area contributed by atoms with Gasteiger partial charge in [0, 0.05) is 23.9 Å². The van der Waals surface area contributed by atoms with Gasteiger partial charge in [-0.15, -0.1) is 10.2 Å². The van der Waals surface area contributed by atoms with Crippen molar-refractivity contribution in [1.29, 1.82) is 0 Å². The van der Waals surface area contributed by atoms with Crippen molar-refractivity contribution in [1.82, 2.24) is 14.5 Å². The van der Waals surface area contributed by atoms with E-state index in [1.54, 1.807) is 0 Å². The van der Waals surface area contributed by atoms with Crippen LogP contribution in [0, 0.1) is 11.6 Å². The summed E-state index contributed by atoms with van der Waals surface area (Å²) in [6.45, 7) is 1.67. The van der Waals surface area contributed by atoms with Crippen LogP contribution in [0.4, 0.5) is 14.5 Å². The van der Waals surface area contributed by atoms with Crippen molar-refractivity contribution in [3.8, 4) is 0 Å². The van der Waals surface area contributed by atoms with Crippen molar-refractivity contribution < 1.29 is 26.8 Å². The normalized spacial score (nSPS) is 16.6. The van der Waals surface area contributed by atoms with E-state index in [4.69, 9.17) is 0 Å². The molecule has 1 aliphatic heterocycles. The van der Waals surface area contributed by atoms with E-state index in [1.807, 2.05) is 0 Å². The number of benzene rings is 2. The lowest BCUT2D eigenvalue weighted by molar-refractivity contribution is 0.101. The van der Waals surface area contributed by atoms with Crippen LogP contribution in [0.3, 0.4) is 0 Å². The molecule has 1 unspecified atom stereocenters. The van der Waals surface area contributed by atoms with Gasteiger partial charge in [0.05, 0.1) is 10.9 Å². The van der Waals surface area contributed by atoms with Gasteiger partial charge in [-0.25, -0.2) is 17.2 Å². The molecular formula is C21H18F2N4O4S2. The first kappa shape index (κ1) is 23.1. The topological polar surface area (TPSA) is 109 Å². The van der Waals surface area contributed by atoms with Gasteiger partial charge in [0.1, 0.15) is 5.01 Å².